The van der Waals surface area contributed by atoms with Crippen molar-refractivity contribution in [2.24, 2.45) is 0 Å². The van der Waals surface area contributed by atoms with Crippen LogP contribution in [0.5, 0.6) is 11.5 Å². The molecule has 168 valence electrons. The number of thioether (sulfide) groups is 1. The molecule has 1 aliphatic carbocycles. The highest BCUT2D eigenvalue weighted by molar-refractivity contribution is 8.03. The Morgan fingerprint density at radius 1 is 1.26 bits per heavy atom. The van der Waals surface area contributed by atoms with Crippen LogP contribution in [0.3, 0.4) is 0 Å². The lowest BCUT2D eigenvalue weighted by Crippen LogP contribution is -2.41. The Labute approximate surface area is 189 Å². The van der Waals surface area contributed by atoms with Crippen LogP contribution in [-0.4, -0.2) is 63.3 Å². The number of rotatable bonds is 7. The number of benzene rings is 1. The molecule has 1 aromatic carbocycles. The first-order chi connectivity index (χ1) is 15.2. The third-order valence-corrected chi connectivity index (χ3v) is 7.46. The van der Waals surface area contributed by atoms with E-state index in [1.807, 2.05) is 6.92 Å². The summed E-state index contributed by atoms with van der Waals surface area (Å²) in [5, 5.41) is 13.8. The molecule has 1 saturated heterocycles. The van der Waals surface area contributed by atoms with Crippen molar-refractivity contribution >= 4 is 17.5 Å². The molecule has 6 nitrogen and oxygen atoms in total. The highest BCUT2D eigenvalue weighted by Gasteiger charge is 2.36. The molecule has 7 heteroatoms. The number of nitrogens with one attached hydrogen (secondary N) is 1. The minimum atomic E-state index is 0.377. The van der Waals surface area contributed by atoms with Crippen molar-refractivity contribution < 1.29 is 14.2 Å². The lowest BCUT2D eigenvalue weighted by Gasteiger charge is -2.40. The fourth-order valence-corrected chi connectivity index (χ4v) is 5.85. The summed E-state index contributed by atoms with van der Waals surface area (Å²) in [5.74, 6) is 2.87. The molecule has 3 aliphatic rings. The molecule has 2 heterocycles. The number of ether oxygens (including phenoxy) is 3. The molecule has 31 heavy (non-hydrogen) atoms. The summed E-state index contributed by atoms with van der Waals surface area (Å²) >= 11 is 1.65. The monoisotopic (exact) mass is 443 g/mol. The van der Waals surface area contributed by atoms with Crippen LogP contribution in [-0.2, 0) is 4.74 Å². The van der Waals surface area contributed by atoms with E-state index in [9.17, 15) is 5.26 Å². The number of fused-ring (bicyclic) bond motifs is 3. The van der Waals surface area contributed by atoms with E-state index in [1.54, 1.807) is 18.9 Å². The minimum Gasteiger partial charge on any atom is -0.493 e. The van der Waals surface area contributed by atoms with Crippen LogP contribution in [0.2, 0.25) is 0 Å². The Morgan fingerprint density at radius 2 is 2.06 bits per heavy atom. The second kappa shape index (κ2) is 10.6. The van der Waals surface area contributed by atoms with Gasteiger partial charge in [0.25, 0.3) is 0 Å². The average Bonchev–Trinajstić information content (AvgIpc) is 2.82. The Balaban J connectivity index is 1.65. The van der Waals surface area contributed by atoms with Gasteiger partial charge in [0.05, 0.1) is 32.6 Å². The van der Waals surface area contributed by atoms with Gasteiger partial charge in [0.1, 0.15) is 11.0 Å². The van der Waals surface area contributed by atoms with Crippen LogP contribution in [0.25, 0.3) is 5.70 Å². The van der Waals surface area contributed by atoms with Crippen molar-refractivity contribution in [2.45, 2.75) is 44.6 Å². The van der Waals surface area contributed by atoms with Crippen molar-refractivity contribution in [1.29, 1.82) is 5.26 Å². The van der Waals surface area contributed by atoms with E-state index in [4.69, 9.17) is 14.2 Å². The van der Waals surface area contributed by atoms with Gasteiger partial charge in [-0.25, -0.2) is 0 Å². The fourth-order valence-electron chi connectivity index (χ4n) is 4.92. The zero-order valence-corrected chi connectivity index (χ0v) is 19.4. The van der Waals surface area contributed by atoms with E-state index >= 15 is 0 Å². The van der Waals surface area contributed by atoms with E-state index in [0.717, 1.165) is 72.7 Å². The predicted octanol–water partition coefficient (Wildman–Crippen LogP) is 3.98. The predicted molar refractivity (Wildman–Crippen MR) is 125 cm³/mol. The van der Waals surface area contributed by atoms with Crippen LogP contribution in [0.15, 0.2) is 17.0 Å². The third-order valence-electron chi connectivity index (χ3n) is 6.49. The lowest BCUT2D eigenvalue weighted by atomic mass is 9.75. The first-order valence-corrected chi connectivity index (χ1v) is 12.4. The molecule has 2 atom stereocenters. The van der Waals surface area contributed by atoms with E-state index in [2.05, 4.69) is 28.4 Å². The maximum absolute atomic E-state index is 10.0. The maximum atomic E-state index is 10.0. The van der Waals surface area contributed by atoms with Gasteiger partial charge in [0.15, 0.2) is 11.5 Å². The molecule has 1 N–H and O–H groups in total. The summed E-state index contributed by atoms with van der Waals surface area (Å²) < 4.78 is 17.0. The van der Waals surface area contributed by atoms with Crippen molar-refractivity contribution in [2.75, 3.05) is 52.3 Å². The summed E-state index contributed by atoms with van der Waals surface area (Å²) in [5.41, 5.74) is 3.36. The van der Waals surface area contributed by atoms with Gasteiger partial charge in [-0.2, -0.15) is 5.26 Å². The quantitative estimate of drug-likeness (QED) is 0.639. The Bertz CT molecular complexity index is 845. The Hall–Kier alpha value is -1.88. The standard InChI is InChI=1S/C24H33N3O3S/c1-3-30-22-14-18-17-6-4-5-7-20(17)26-24(19(18)15-21(22)28-2)23(16-25)31-13-10-27-8-11-29-12-9-27/h14-15,17,20,26H,3-13H2,1-2H3. The first-order valence-electron chi connectivity index (χ1n) is 11.4. The van der Waals surface area contributed by atoms with Gasteiger partial charge >= 0.3 is 0 Å². The molecule has 2 aliphatic heterocycles. The molecular weight excluding hydrogens is 410 g/mol. The minimum absolute atomic E-state index is 0.377. The van der Waals surface area contributed by atoms with Gasteiger partial charge in [-0.3, -0.25) is 4.90 Å². The van der Waals surface area contributed by atoms with Gasteiger partial charge in [0, 0.05) is 42.9 Å². The summed E-state index contributed by atoms with van der Waals surface area (Å²) in [6.07, 6.45) is 4.79. The number of morpholine rings is 1. The summed E-state index contributed by atoms with van der Waals surface area (Å²) in [6, 6.07) is 7.09. The highest BCUT2D eigenvalue weighted by atomic mass is 32.2. The van der Waals surface area contributed by atoms with Gasteiger partial charge in [-0.05, 0) is 37.5 Å². The van der Waals surface area contributed by atoms with Crippen LogP contribution < -0.4 is 14.8 Å². The largest absolute Gasteiger partial charge is 0.493 e. The van der Waals surface area contributed by atoms with E-state index in [1.165, 1.54) is 24.8 Å². The van der Waals surface area contributed by atoms with Crippen LogP contribution >= 0.6 is 11.8 Å². The van der Waals surface area contributed by atoms with Crippen LogP contribution in [0, 0.1) is 11.3 Å². The second-order valence-corrected chi connectivity index (χ2v) is 9.39. The van der Waals surface area contributed by atoms with Crippen molar-refractivity contribution in [1.82, 2.24) is 10.2 Å². The lowest BCUT2D eigenvalue weighted by molar-refractivity contribution is 0.0410. The average molecular weight is 444 g/mol. The summed E-state index contributed by atoms with van der Waals surface area (Å²) in [6.45, 7) is 7.12. The van der Waals surface area contributed by atoms with E-state index in [-0.39, 0.29) is 0 Å². The molecule has 1 aromatic rings. The third kappa shape index (κ3) is 4.97. The molecule has 2 fully saturated rings. The Morgan fingerprint density at radius 3 is 2.81 bits per heavy atom. The van der Waals surface area contributed by atoms with Gasteiger partial charge < -0.3 is 19.5 Å². The van der Waals surface area contributed by atoms with Crippen molar-refractivity contribution in [3.63, 3.8) is 0 Å². The number of allylic oxidation sites excluding steroid dienone is 1. The summed E-state index contributed by atoms with van der Waals surface area (Å²) in [7, 11) is 1.68. The number of hydrogen-bond acceptors (Lipinski definition) is 7. The molecule has 0 aromatic heterocycles. The number of methoxy groups -OCH3 is 1. The second-order valence-electron chi connectivity index (χ2n) is 8.28. The maximum Gasteiger partial charge on any atom is 0.161 e. The molecule has 1 saturated carbocycles. The normalized spacial score (nSPS) is 24.9. The number of nitriles is 1. The van der Waals surface area contributed by atoms with Crippen LogP contribution in [0.1, 0.15) is 49.7 Å². The van der Waals surface area contributed by atoms with E-state index in [0.29, 0.717) is 18.6 Å². The fraction of sp³-hybridized carbons (Fsp3) is 0.625. The number of nitrogens with zero attached hydrogens (tertiary/aromatic N) is 2. The zero-order valence-electron chi connectivity index (χ0n) is 18.6. The smallest absolute Gasteiger partial charge is 0.161 e. The molecule has 0 amide bonds. The molecule has 4 rings (SSSR count). The van der Waals surface area contributed by atoms with E-state index < -0.39 is 0 Å². The molecule has 2 unspecified atom stereocenters. The van der Waals surface area contributed by atoms with Gasteiger partial charge in [0.2, 0.25) is 0 Å². The highest BCUT2D eigenvalue weighted by Crippen LogP contribution is 2.46. The van der Waals surface area contributed by atoms with Gasteiger partial charge in [-0.1, -0.05) is 12.8 Å². The topological polar surface area (TPSA) is 66.8 Å². The SMILES string of the molecule is CCOc1cc2c(cc1OC)C(=C(C#N)SCCN1CCOCC1)NC1CCCCC21. The van der Waals surface area contributed by atoms with Gasteiger partial charge in [-0.15, -0.1) is 11.8 Å². The summed E-state index contributed by atoms with van der Waals surface area (Å²) in [4.78, 5) is 3.18. The number of hydrogen-bond donors (Lipinski definition) is 1. The Kier molecular flexibility index (Phi) is 7.65. The molecule has 0 spiro atoms. The van der Waals surface area contributed by atoms with Crippen molar-refractivity contribution in [3.05, 3.63) is 28.2 Å². The zero-order chi connectivity index (χ0) is 21.6. The first kappa shape index (κ1) is 22.3. The molecular formula is C24H33N3O3S. The van der Waals surface area contributed by atoms with Crippen molar-refractivity contribution in [3.8, 4) is 17.6 Å². The molecule has 0 radical (unpaired) electrons. The van der Waals surface area contributed by atoms with Crippen LogP contribution in [0.4, 0.5) is 0 Å². The molecule has 0 bridgehead atoms.